The van der Waals surface area contributed by atoms with Gasteiger partial charge < -0.3 is 14.5 Å². The molecule has 144 valence electrons. The van der Waals surface area contributed by atoms with Crippen LogP contribution in [-0.4, -0.2) is 45.6 Å². The van der Waals surface area contributed by atoms with Crippen LogP contribution >= 0.6 is 11.8 Å². The predicted octanol–water partition coefficient (Wildman–Crippen LogP) is 2.96. The third-order valence-electron chi connectivity index (χ3n) is 4.21. The molecule has 8 heteroatoms. The molecular formula is C19H23N3O4S. The Labute approximate surface area is 161 Å². The highest BCUT2D eigenvalue weighted by molar-refractivity contribution is 8.01. The second kappa shape index (κ2) is 7.74. The lowest BCUT2D eigenvalue weighted by molar-refractivity contribution is -0.145. The summed E-state index contributed by atoms with van der Waals surface area (Å²) in [5.41, 5.74) is 1.72. The number of aromatic amines is 1. The number of thioether (sulfide) groups is 1. The maximum absolute atomic E-state index is 13.1. The molecule has 0 saturated carbocycles. The average molecular weight is 389 g/mol. The number of rotatable bonds is 7. The Kier molecular flexibility index (Phi) is 5.57. The van der Waals surface area contributed by atoms with Crippen molar-refractivity contribution in [3.05, 3.63) is 34.6 Å². The Hall–Kier alpha value is -2.32. The molecule has 27 heavy (non-hydrogen) atoms. The first kappa shape index (κ1) is 19.4. The molecule has 0 spiro atoms. The zero-order chi connectivity index (χ0) is 19.6. The number of hydrogen-bond donors (Lipinski definition) is 1. The molecule has 0 aliphatic carbocycles. The van der Waals surface area contributed by atoms with Gasteiger partial charge in [-0.05, 0) is 26.8 Å². The first-order valence-corrected chi connectivity index (χ1v) is 9.57. The van der Waals surface area contributed by atoms with E-state index in [1.165, 1.54) is 11.8 Å². The van der Waals surface area contributed by atoms with Crippen LogP contribution in [0, 0.1) is 0 Å². The van der Waals surface area contributed by atoms with Crippen LogP contribution in [0.2, 0.25) is 0 Å². The van der Waals surface area contributed by atoms with Crippen molar-refractivity contribution in [1.29, 1.82) is 0 Å². The molecule has 2 heterocycles. The number of ether oxygens (including phenoxy) is 2. The van der Waals surface area contributed by atoms with E-state index >= 15 is 0 Å². The van der Waals surface area contributed by atoms with Crippen molar-refractivity contribution >= 4 is 39.7 Å². The summed E-state index contributed by atoms with van der Waals surface area (Å²) in [5, 5.41) is 1.34. The molecule has 1 aromatic carbocycles. The number of fused-ring (bicyclic) bond motifs is 3. The summed E-state index contributed by atoms with van der Waals surface area (Å²) in [6, 6.07) is 7.64. The van der Waals surface area contributed by atoms with Crippen LogP contribution in [0.25, 0.3) is 21.9 Å². The topological polar surface area (TPSA) is 86.2 Å². The van der Waals surface area contributed by atoms with E-state index in [4.69, 9.17) is 14.5 Å². The monoisotopic (exact) mass is 389 g/mol. The number of H-pyrrole nitrogens is 1. The zero-order valence-corrected chi connectivity index (χ0v) is 16.7. The van der Waals surface area contributed by atoms with Crippen LogP contribution in [0.4, 0.5) is 0 Å². The Bertz CT molecular complexity index is 1040. The van der Waals surface area contributed by atoms with Gasteiger partial charge in [-0.15, -0.1) is 0 Å². The van der Waals surface area contributed by atoms with Crippen LogP contribution < -0.4 is 5.56 Å². The third-order valence-corrected chi connectivity index (χ3v) is 5.38. The fourth-order valence-electron chi connectivity index (χ4n) is 2.81. The number of carbonyl (C=O) groups excluding carboxylic acids is 1. The molecule has 3 rings (SSSR count). The van der Waals surface area contributed by atoms with Gasteiger partial charge in [0.15, 0.2) is 5.16 Å². The molecule has 0 amide bonds. The lowest BCUT2D eigenvalue weighted by atomic mass is 10.2. The molecule has 0 radical (unpaired) electrons. The molecule has 0 aliphatic rings. The highest BCUT2D eigenvalue weighted by Crippen LogP contribution is 2.33. The lowest BCUT2D eigenvalue weighted by Gasteiger charge is -2.22. The first-order valence-electron chi connectivity index (χ1n) is 8.75. The van der Waals surface area contributed by atoms with Crippen molar-refractivity contribution in [2.24, 2.45) is 0 Å². The van der Waals surface area contributed by atoms with E-state index in [1.807, 2.05) is 24.3 Å². The molecule has 2 aromatic heterocycles. The number of aromatic nitrogens is 3. The van der Waals surface area contributed by atoms with Crippen molar-refractivity contribution in [2.45, 2.75) is 37.2 Å². The minimum atomic E-state index is -0.885. The van der Waals surface area contributed by atoms with E-state index < -0.39 is 4.75 Å². The van der Waals surface area contributed by atoms with Gasteiger partial charge in [0, 0.05) is 18.0 Å². The summed E-state index contributed by atoms with van der Waals surface area (Å²) in [6.07, 6.45) is 0. The SMILES string of the molecule is CCOC(=O)C(C)(C)Sc1nc2c([nH]c3ccccc32)c(=O)n1CCOC. The van der Waals surface area contributed by atoms with Crippen LogP contribution in [0.5, 0.6) is 0 Å². The maximum atomic E-state index is 13.1. The van der Waals surface area contributed by atoms with Crippen LogP contribution in [0.3, 0.4) is 0 Å². The quantitative estimate of drug-likeness (QED) is 0.380. The van der Waals surface area contributed by atoms with Gasteiger partial charge in [0.25, 0.3) is 5.56 Å². The standard InChI is InChI=1S/C19H23N3O4S/c1-5-26-17(24)19(2,3)27-18-21-14-12-8-6-7-9-13(12)20-15(14)16(23)22(18)10-11-25-4/h6-9,20H,5,10-11H2,1-4H3. The van der Waals surface area contributed by atoms with Gasteiger partial charge in [-0.1, -0.05) is 30.0 Å². The molecular weight excluding hydrogens is 366 g/mol. The van der Waals surface area contributed by atoms with Crippen molar-refractivity contribution in [2.75, 3.05) is 20.3 Å². The second-order valence-corrected chi connectivity index (χ2v) is 8.16. The van der Waals surface area contributed by atoms with Gasteiger partial charge in [-0.25, -0.2) is 4.98 Å². The van der Waals surface area contributed by atoms with Crippen molar-refractivity contribution < 1.29 is 14.3 Å². The molecule has 7 nitrogen and oxygen atoms in total. The average Bonchev–Trinajstić information content (AvgIpc) is 3.00. The fraction of sp³-hybridized carbons (Fsp3) is 0.421. The van der Waals surface area contributed by atoms with Gasteiger partial charge in [-0.3, -0.25) is 14.2 Å². The fourth-order valence-corrected chi connectivity index (χ4v) is 3.83. The van der Waals surface area contributed by atoms with Crippen LogP contribution in [-0.2, 0) is 20.8 Å². The minimum Gasteiger partial charge on any atom is -0.465 e. The summed E-state index contributed by atoms with van der Waals surface area (Å²) in [4.78, 5) is 33.3. The van der Waals surface area contributed by atoms with Crippen molar-refractivity contribution in [3.8, 4) is 0 Å². The molecule has 1 N–H and O–H groups in total. The second-order valence-electron chi connectivity index (χ2n) is 6.57. The van der Waals surface area contributed by atoms with Crippen LogP contribution in [0.1, 0.15) is 20.8 Å². The van der Waals surface area contributed by atoms with Crippen LogP contribution in [0.15, 0.2) is 34.2 Å². The van der Waals surface area contributed by atoms with Gasteiger partial charge in [0.2, 0.25) is 0 Å². The lowest BCUT2D eigenvalue weighted by Crippen LogP contribution is -2.33. The third kappa shape index (κ3) is 3.72. The van der Waals surface area contributed by atoms with Gasteiger partial charge in [-0.2, -0.15) is 0 Å². The van der Waals surface area contributed by atoms with E-state index in [2.05, 4.69) is 4.98 Å². The molecule has 0 fully saturated rings. The number of para-hydroxylation sites is 1. The van der Waals surface area contributed by atoms with E-state index in [1.54, 1.807) is 32.4 Å². The summed E-state index contributed by atoms with van der Waals surface area (Å²) in [5.74, 6) is -0.346. The molecule has 0 unspecified atom stereocenters. The van der Waals surface area contributed by atoms with E-state index in [-0.39, 0.29) is 11.5 Å². The van der Waals surface area contributed by atoms with E-state index in [9.17, 15) is 9.59 Å². The smallest absolute Gasteiger partial charge is 0.322 e. The molecule has 0 bridgehead atoms. The number of benzene rings is 1. The summed E-state index contributed by atoms with van der Waals surface area (Å²) >= 11 is 1.22. The van der Waals surface area contributed by atoms with Gasteiger partial charge >= 0.3 is 5.97 Å². The zero-order valence-electron chi connectivity index (χ0n) is 15.9. The maximum Gasteiger partial charge on any atom is 0.322 e. The molecule has 0 aliphatic heterocycles. The summed E-state index contributed by atoms with van der Waals surface area (Å²) in [7, 11) is 1.58. The first-order chi connectivity index (χ1) is 12.9. The number of nitrogens with one attached hydrogen (secondary N) is 1. The van der Waals surface area contributed by atoms with E-state index in [0.29, 0.717) is 35.9 Å². The number of hydrogen-bond acceptors (Lipinski definition) is 6. The predicted molar refractivity (Wildman–Crippen MR) is 106 cm³/mol. The number of esters is 1. The molecule has 0 atom stereocenters. The summed E-state index contributed by atoms with van der Waals surface area (Å²) < 4.78 is 11.0. The molecule has 0 saturated heterocycles. The highest BCUT2D eigenvalue weighted by Gasteiger charge is 2.33. The summed E-state index contributed by atoms with van der Waals surface area (Å²) in [6.45, 7) is 6.30. The molecule has 3 aromatic rings. The van der Waals surface area contributed by atoms with E-state index in [0.717, 1.165) is 10.9 Å². The Morgan fingerprint density at radius 1 is 1.33 bits per heavy atom. The number of methoxy groups -OCH3 is 1. The Morgan fingerprint density at radius 3 is 2.78 bits per heavy atom. The Balaban J connectivity index is 2.18. The number of carbonyl (C=O) groups is 1. The van der Waals surface area contributed by atoms with Crippen molar-refractivity contribution in [3.63, 3.8) is 0 Å². The minimum absolute atomic E-state index is 0.185. The van der Waals surface area contributed by atoms with Crippen molar-refractivity contribution in [1.82, 2.24) is 14.5 Å². The van der Waals surface area contributed by atoms with Gasteiger partial charge in [0.1, 0.15) is 15.8 Å². The van der Waals surface area contributed by atoms with Gasteiger partial charge in [0.05, 0.1) is 19.8 Å². The normalized spacial score (nSPS) is 12.0. The Morgan fingerprint density at radius 2 is 2.07 bits per heavy atom. The number of nitrogens with zero attached hydrogens (tertiary/aromatic N) is 2. The highest BCUT2D eigenvalue weighted by atomic mass is 32.2. The largest absolute Gasteiger partial charge is 0.465 e.